The average molecular weight is 308 g/mol. The number of thiophene rings is 1. The maximum absolute atomic E-state index is 11.8. The van der Waals surface area contributed by atoms with Crippen LogP contribution in [0.4, 0.5) is 4.79 Å². The number of ether oxygens (including phenoxy) is 1. The van der Waals surface area contributed by atoms with Gasteiger partial charge in [0.1, 0.15) is 0 Å². The molecule has 1 saturated heterocycles. The molecule has 1 aliphatic heterocycles. The SMILES string of the molecule is CCOC(=O)N1CCC(NC(=O)/C=C/c2ccsc2)CC1. The number of carbonyl (C=O) groups excluding carboxylic acids is 2. The predicted molar refractivity (Wildman–Crippen MR) is 83.1 cm³/mol. The molecule has 0 aliphatic carbocycles. The molecule has 21 heavy (non-hydrogen) atoms. The van der Waals surface area contributed by atoms with E-state index in [1.54, 1.807) is 35.3 Å². The van der Waals surface area contributed by atoms with Crippen molar-refractivity contribution in [3.8, 4) is 0 Å². The fraction of sp³-hybridized carbons (Fsp3) is 0.467. The first-order valence-electron chi connectivity index (χ1n) is 7.11. The van der Waals surface area contributed by atoms with E-state index < -0.39 is 0 Å². The Morgan fingerprint density at radius 1 is 1.48 bits per heavy atom. The molecule has 1 fully saturated rings. The summed E-state index contributed by atoms with van der Waals surface area (Å²) in [5.74, 6) is -0.0872. The molecule has 1 aliphatic rings. The molecule has 114 valence electrons. The zero-order chi connectivity index (χ0) is 15.1. The molecule has 0 aromatic carbocycles. The molecular weight excluding hydrogens is 288 g/mol. The van der Waals surface area contributed by atoms with Gasteiger partial charge in [-0.1, -0.05) is 0 Å². The van der Waals surface area contributed by atoms with Gasteiger partial charge in [-0.2, -0.15) is 11.3 Å². The van der Waals surface area contributed by atoms with Crippen molar-refractivity contribution in [2.45, 2.75) is 25.8 Å². The Labute approximate surface area is 128 Å². The lowest BCUT2D eigenvalue weighted by Gasteiger charge is -2.31. The molecular formula is C15H20N2O3S. The number of nitrogens with one attached hydrogen (secondary N) is 1. The Morgan fingerprint density at radius 3 is 2.86 bits per heavy atom. The summed E-state index contributed by atoms with van der Waals surface area (Å²) >= 11 is 1.60. The second-order valence-corrected chi connectivity index (χ2v) is 5.64. The van der Waals surface area contributed by atoms with Gasteiger partial charge >= 0.3 is 6.09 Å². The molecule has 0 atom stereocenters. The number of nitrogens with zero attached hydrogens (tertiary/aromatic N) is 1. The minimum absolute atomic E-state index is 0.0872. The van der Waals surface area contributed by atoms with Gasteiger partial charge in [0.05, 0.1) is 6.61 Å². The van der Waals surface area contributed by atoms with Crippen LogP contribution in [-0.4, -0.2) is 42.6 Å². The quantitative estimate of drug-likeness (QED) is 0.869. The molecule has 1 aromatic rings. The smallest absolute Gasteiger partial charge is 0.409 e. The van der Waals surface area contributed by atoms with Crippen LogP contribution in [0.25, 0.3) is 6.08 Å². The summed E-state index contributed by atoms with van der Waals surface area (Å²) in [5.41, 5.74) is 1.03. The third-order valence-corrected chi connectivity index (χ3v) is 4.04. The fourth-order valence-corrected chi connectivity index (χ4v) is 2.84. The maximum Gasteiger partial charge on any atom is 0.409 e. The van der Waals surface area contributed by atoms with Gasteiger partial charge in [0.2, 0.25) is 5.91 Å². The third kappa shape index (κ3) is 4.90. The topological polar surface area (TPSA) is 58.6 Å². The Hall–Kier alpha value is -1.82. The number of piperidine rings is 1. The highest BCUT2D eigenvalue weighted by molar-refractivity contribution is 7.08. The standard InChI is InChI=1S/C15H20N2O3S/c1-2-20-15(19)17-8-5-13(6-9-17)16-14(18)4-3-12-7-10-21-11-12/h3-4,7,10-11,13H,2,5-6,8-9H2,1H3,(H,16,18)/b4-3+. The normalized spacial score (nSPS) is 16.1. The largest absolute Gasteiger partial charge is 0.450 e. The molecule has 2 amide bonds. The fourth-order valence-electron chi connectivity index (χ4n) is 2.21. The molecule has 0 bridgehead atoms. The minimum atomic E-state index is -0.264. The first-order valence-corrected chi connectivity index (χ1v) is 8.05. The van der Waals surface area contributed by atoms with Crippen LogP contribution in [0.3, 0.4) is 0 Å². The summed E-state index contributed by atoms with van der Waals surface area (Å²) in [7, 11) is 0. The van der Waals surface area contributed by atoms with Crippen molar-refractivity contribution in [2.75, 3.05) is 19.7 Å². The van der Waals surface area contributed by atoms with E-state index in [1.165, 1.54) is 0 Å². The van der Waals surface area contributed by atoms with Gasteiger partial charge < -0.3 is 15.0 Å². The second kappa shape index (κ2) is 7.83. The van der Waals surface area contributed by atoms with Gasteiger partial charge in [-0.25, -0.2) is 4.79 Å². The van der Waals surface area contributed by atoms with Crippen molar-refractivity contribution >= 4 is 29.4 Å². The first-order chi connectivity index (χ1) is 10.2. The van der Waals surface area contributed by atoms with Gasteiger partial charge in [0.25, 0.3) is 0 Å². The van der Waals surface area contributed by atoms with Crippen LogP contribution in [0.1, 0.15) is 25.3 Å². The molecule has 1 aromatic heterocycles. The summed E-state index contributed by atoms with van der Waals surface area (Å²) in [6.07, 6.45) is 4.62. The van der Waals surface area contributed by atoms with Gasteiger partial charge in [-0.15, -0.1) is 0 Å². The Kier molecular flexibility index (Phi) is 5.80. The monoisotopic (exact) mass is 308 g/mol. The summed E-state index contributed by atoms with van der Waals surface area (Å²) in [5, 5.41) is 6.93. The molecule has 0 saturated carbocycles. The zero-order valence-electron chi connectivity index (χ0n) is 12.1. The van der Waals surface area contributed by atoms with Crippen molar-refractivity contribution in [3.05, 3.63) is 28.5 Å². The summed E-state index contributed by atoms with van der Waals surface area (Å²) in [6.45, 7) is 3.43. The lowest BCUT2D eigenvalue weighted by atomic mass is 10.1. The highest BCUT2D eigenvalue weighted by Crippen LogP contribution is 2.12. The predicted octanol–water partition coefficient (Wildman–Crippen LogP) is 2.50. The number of hydrogen-bond donors (Lipinski definition) is 1. The van der Waals surface area contributed by atoms with E-state index in [2.05, 4.69) is 5.32 Å². The molecule has 2 rings (SSSR count). The lowest BCUT2D eigenvalue weighted by molar-refractivity contribution is -0.117. The molecule has 2 heterocycles. The molecule has 0 radical (unpaired) electrons. The van der Waals surface area contributed by atoms with Crippen molar-refractivity contribution in [1.29, 1.82) is 0 Å². The van der Waals surface area contributed by atoms with Gasteiger partial charge in [-0.05, 0) is 48.2 Å². The van der Waals surface area contributed by atoms with E-state index in [4.69, 9.17) is 4.74 Å². The number of carbonyl (C=O) groups is 2. The summed E-state index contributed by atoms with van der Waals surface area (Å²) in [4.78, 5) is 25.1. The maximum atomic E-state index is 11.8. The Bertz CT molecular complexity index is 491. The Balaban J connectivity index is 1.73. The van der Waals surface area contributed by atoms with Crippen LogP contribution in [0, 0.1) is 0 Å². The second-order valence-electron chi connectivity index (χ2n) is 4.86. The van der Waals surface area contributed by atoms with Gasteiger partial charge in [-0.3, -0.25) is 4.79 Å². The van der Waals surface area contributed by atoms with E-state index in [-0.39, 0.29) is 18.0 Å². The van der Waals surface area contributed by atoms with Gasteiger partial charge in [0.15, 0.2) is 0 Å². The van der Waals surface area contributed by atoms with E-state index in [0.717, 1.165) is 18.4 Å². The first kappa shape index (κ1) is 15.6. The minimum Gasteiger partial charge on any atom is -0.450 e. The number of likely N-dealkylation sites (tertiary alicyclic amines) is 1. The molecule has 1 N–H and O–H groups in total. The highest BCUT2D eigenvalue weighted by atomic mass is 32.1. The van der Waals surface area contributed by atoms with Crippen molar-refractivity contribution in [1.82, 2.24) is 10.2 Å². The van der Waals surface area contributed by atoms with Crippen LogP contribution in [0.15, 0.2) is 22.9 Å². The van der Waals surface area contributed by atoms with Crippen LogP contribution in [0.5, 0.6) is 0 Å². The number of rotatable bonds is 4. The summed E-state index contributed by atoms with van der Waals surface area (Å²) < 4.78 is 4.97. The molecule has 0 spiro atoms. The van der Waals surface area contributed by atoms with Crippen LogP contribution >= 0.6 is 11.3 Å². The van der Waals surface area contributed by atoms with Crippen molar-refractivity contribution in [3.63, 3.8) is 0 Å². The van der Waals surface area contributed by atoms with Crippen molar-refractivity contribution in [2.24, 2.45) is 0 Å². The number of hydrogen-bond acceptors (Lipinski definition) is 4. The van der Waals surface area contributed by atoms with E-state index >= 15 is 0 Å². The highest BCUT2D eigenvalue weighted by Gasteiger charge is 2.23. The van der Waals surface area contributed by atoms with Crippen LogP contribution in [-0.2, 0) is 9.53 Å². The molecule has 5 nitrogen and oxygen atoms in total. The lowest BCUT2D eigenvalue weighted by Crippen LogP contribution is -2.46. The number of amides is 2. The third-order valence-electron chi connectivity index (χ3n) is 3.34. The molecule has 0 unspecified atom stereocenters. The van der Waals surface area contributed by atoms with E-state index in [9.17, 15) is 9.59 Å². The van der Waals surface area contributed by atoms with Crippen LogP contribution < -0.4 is 5.32 Å². The van der Waals surface area contributed by atoms with Crippen LogP contribution in [0.2, 0.25) is 0 Å². The summed E-state index contributed by atoms with van der Waals surface area (Å²) in [6, 6.07) is 2.09. The van der Waals surface area contributed by atoms with E-state index in [1.807, 2.05) is 16.8 Å². The Morgan fingerprint density at radius 2 is 2.24 bits per heavy atom. The molecule has 6 heteroatoms. The van der Waals surface area contributed by atoms with Crippen molar-refractivity contribution < 1.29 is 14.3 Å². The zero-order valence-corrected chi connectivity index (χ0v) is 12.9. The van der Waals surface area contributed by atoms with Gasteiger partial charge in [0, 0.05) is 25.2 Å². The van der Waals surface area contributed by atoms with E-state index in [0.29, 0.717) is 19.7 Å². The average Bonchev–Trinajstić information content (AvgIpc) is 2.99.